The molecular weight excluding hydrogens is 300 g/mol. The van der Waals surface area contributed by atoms with Crippen LogP contribution in [0.25, 0.3) is 11.3 Å². The summed E-state index contributed by atoms with van der Waals surface area (Å²) in [5, 5.41) is 5.28. The van der Waals surface area contributed by atoms with Gasteiger partial charge in [-0.1, -0.05) is 40.5 Å². The molecule has 1 aromatic heterocycles. The number of aryl methyl sites for hydroxylation is 2. The molecule has 0 aliphatic carbocycles. The zero-order chi connectivity index (χ0) is 12.4. The fraction of sp³-hybridized carbons (Fsp3) is 0.308. The van der Waals surface area contributed by atoms with Crippen molar-refractivity contribution in [3.63, 3.8) is 0 Å². The van der Waals surface area contributed by atoms with E-state index in [1.54, 1.807) is 0 Å². The van der Waals surface area contributed by atoms with Crippen LogP contribution in [0.3, 0.4) is 0 Å². The van der Waals surface area contributed by atoms with E-state index in [4.69, 9.17) is 11.6 Å². The van der Waals surface area contributed by atoms with Crippen molar-refractivity contribution in [2.75, 3.05) is 0 Å². The number of benzene rings is 1. The highest BCUT2D eigenvalue weighted by atomic mass is 79.9. The average molecular weight is 314 g/mol. The van der Waals surface area contributed by atoms with Gasteiger partial charge in [-0.3, -0.25) is 4.68 Å². The molecule has 0 fully saturated rings. The molecule has 2 rings (SSSR count). The van der Waals surface area contributed by atoms with Gasteiger partial charge in [-0.15, -0.1) is 0 Å². The van der Waals surface area contributed by atoms with Crippen LogP contribution in [0.4, 0.5) is 0 Å². The number of aromatic nitrogens is 2. The molecule has 0 N–H and O–H groups in total. The third-order valence-corrected chi connectivity index (χ3v) is 3.51. The quantitative estimate of drug-likeness (QED) is 0.813. The topological polar surface area (TPSA) is 17.8 Å². The minimum Gasteiger partial charge on any atom is -0.265 e. The summed E-state index contributed by atoms with van der Waals surface area (Å²) in [5.74, 6) is 0. The van der Waals surface area contributed by atoms with Crippen molar-refractivity contribution >= 4 is 27.5 Å². The van der Waals surface area contributed by atoms with Gasteiger partial charge in [0.05, 0.1) is 16.4 Å². The lowest BCUT2D eigenvalue weighted by Crippen LogP contribution is -1.99. The maximum atomic E-state index is 6.27. The molecule has 0 radical (unpaired) electrons. The van der Waals surface area contributed by atoms with Gasteiger partial charge in [-0.05, 0) is 31.5 Å². The first-order valence-electron chi connectivity index (χ1n) is 5.67. The minimum absolute atomic E-state index is 0.747. The SMILES string of the molecule is CCc1cc(-c2ccc(Br)cc2Cl)n(CC)n1. The first kappa shape index (κ1) is 12.7. The zero-order valence-electron chi connectivity index (χ0n) is 9.87. The molecule has 0 unspecified atom stereocenters. The predicted octanol–water partition coefficient (Wildman–Crippen LogP) is 4.55. The molecule has 0 saturated heterocycles. The molecule has 0 saturated carbocycles. The Morgan fingerprint density at radius 2 is 2.06 bits per heavy atom. The Balaban J connectivity index is 2.55. The Bertz CT molecular complexity index is 534. The summed E-state index contributed by atoms with van der Waals surface area (Å²) in [7, 11) is 0. The van der Waals surface area contributed by atoms with E-state index in [0.717, 1.165) is 39.4 Å². The van der Waals surface area contributed by atoms with Crippen LogP contribution in [-0.2, 0) is 13.0 Å². The van der Waals surface area contributed by atoms with E-state index in [1.807, 2.05) is 22.9 Å². The second kappa shape index (κ2) is 5.23. The first-order chi connectivity index (χ1) is 8.15. The molecule has 0 amide bonds. The fourth-order valence-corrected chi connectivity index (χ4v) is 2.57. The Labute approximate surface area is 115 Å². The average Bonchev–Trinajstić information content (AvgIpc) is 2.72. The highest BCUT2D eigenvalue weighted by Gasteiger charge is 2.11. The second-order valence-electron chi connectivity index (χ2n) is 3.81. The molecule has 90 valence electrons. The van der Waals surface area contributed by atoms with Crippen LogP contribution >= 0.6 is 27.5 Å². The van der Waals surface area contributed by atoms with E-state index in [1.165, 1.54) is 0 Å². The van der Waals surface area contributed by atoms with Crippen LogP contribution in [0.2, 0.25) is 5.02 Å². The Kier molecular flexibility index (Phi) is 3.89. The monoisotopic (exact) mass is 312 g/mol. The summed E-state index contributed by atoms with van der Waals surface area (Å²) in [6.45, 7) is 5.04. The normalized spacial score (nSPS) is 10.8. The van der Waals surface area contributed by atoms with E-state index in [2.05, 4.69) is 40.9 Å². The van der Waals surface area contributed by atoms with Crippen molar-refractivity contribution in [3.05, 3.63) is 39.5 Å². The number of hydrogen-bond acceptors (Lipinski definition) is 1. The third kappa shape index (κ3) is 2.55. The van der Waals surface area contributed by atoms with E-state index in [-0.39, 0.29) is 0 Å². The van der Waals surface area contributed by atoms with Gasteiger partial charge in [0, 0.05) is 16.6 Å². The summed E-state index contributed by atoms with van der Waals surface area (Å²) in [4.78, 5) is 0. The van der Waals surface area contributed by atoms with Crippen LogP contribution in [0.1, 0.15) is 19.5 Å². The first-order valence-corrected chi connectivity index (χ1v) is 6.85. The van der Waals surface area contributed by atoms with Crippen LogP contribution in [0.5, 0.6) is 0 Å². The highest BCUT2D eigenvalue weighted by molar-refractivity contribution is 9.10. The molecule has 17 heavy (non-hydrogen) atoms. The molecule has 0 spiro atoms. The van der Waals surface area contributed by atoms with Crippen LogP contribution < -0.4 is 0 Å². The molecule has 0 atom stereocenters. The molecule has 2 aromatic rings. The van der Waals surface area contributed by atoms with E-state index >= 15 is 0 Å². The predicted molar refractivity (Wildman–Crippen MR) is 75.4 cm³/mol. The highest BCUT2D eigenvalue weighted by Crippen LogP contribution is 2.31. The van der Waals surface area contributed by atoms with Crippen LogP contribution in [0, 0.1) is 0 Å². The van der Waals surface area contributed by atoms with Gasteiger partial charge in [0.1, 0.15) is 0 Å². The number of rotatable bonds is 3. The van der Waals surface area contributed by atoms with Gasteiger partial charge in [0.25, 0.3) is 0 Å². The van der Waals surface area contributed by atoms with Crippen molar-refractivity contribution in [2.45, 2.75) is 26.8 Å². The summed E-state index contributed by atoms with van der Waals surface area (Å²) in [6.07, 6.45) is 0.939. The number of nitrogens with zero attached hydrogens (tertiary/aromatic N) is 2. The van der Waals surface area contributed by atoms with Crippen molar-refractivity contribution in [3.8, 4) is 11.3 Å². The third-order valence-electron chi connectivity index (χ3n) is 2.70. The Hall–Kier alpha value is -0.800. The Morgan fingerprint density at radius 3 is 2.65 bits per heavy atom. The molecule has 1 aromatic carbocycles. The molecular formula is C13H14BrClN2. The standard InChI is InChI=1S/C13H14BrClN2/c1-3-10-8-13(17(4-2)16-10)11-6-5-9(14)7-12(11)15/h5-8H,3-4H2,1-2H3. The van der Waals surface area contributed by atoms with Gasteiger partial charge in [-0.25, -0.2) is 0 Å². The van der Waals surface area contributed by atoms with Crippen LogP contribution in [-0.4, -0.2) is 9.78 Å². The summed E-state index contributed by atoms with van der Waals surface area (Å²) >= 11 is 9.69. The second-order valence-corrected chi connectivity index (χ2v) is 5.14. The van der Waals surface area contributed by atoms with E-state index in [9.17, 15) is 0 Å². The van der Waals surface area contributed by atoms with Gasteiger partial charge >= 0.3 is 0 Å². The van der Waals surface area contributed by atoms with Crippen molar-refractivity contribution in [2.24, 2.45) is 0 Å². The largest absolute Gasteiger partial charge is 0.265 e. The maximum Gasteiger partial charge on any atom is 0.0699 e. The van der Waals surface area contributed by atoms with Crippen molar-refractivity contribution in [1.82, 2.24) is 9.78 Å². The zero-order valence-corrected chi connectivity index (χ0v) is 12.2. The Morgan fingerprint density at radius 1 is 1.29 bits per heavy atom. The lowest BCUT2D eigenvalue weighted by Gasteiger charge is -2.06. The number of hydrogen-bond donors (Lipinski definition) is 0. The van der Waals surface area contributed by atoms with Crippen molar-refractivity contribution < 1.29 is 0 Å². The van der Waals surface area contributed by atoms with Crippen LogP contribution in [0.15, 0.2) is 28.7 Å². The smallest absolute Gasteiger partial charge is 0.0699 e. The lowest BCUT2D eigenvalue weighted by atomic mass is 10.1. The lowest BCUT2D eigenvalue weighted by molar-refractivity contribution is 0.655. The summed E-state index contributed by atoms with van der Waals surface area (Å²) < 4.78 is 2.98. The van der Waals surface area contributed by atoms with Gasteiger partial charge in [-0.2, -0.15) is 5.10 Å². The van der Waals surface area contributed by atoms with E-state index < -0.39 is 0 Å². The molecule has 0 aliphatic rings. The summed E-state index contributed by atoms with van der Waals surface area (Å²) in [5.41, 5.74) is 3.21. The fourth-order valence-electron chi connectivity index (χ4n) is 1.80. The molecule has 1 heterocycles. The van der Waals surface area contributed by atoms with Gasteiger partial charge < -0.3 is 0 Å². The maximum absolute atomic E-state index is 6.27. The summed E-state index contributed by atoms with van der Waals surface area (Å²) in [6, 6.07) is 8.04. The number of halogens is 2. The van der Waals surface area contributed by atoms with E-state index in [0.29, 0.717) is 0 Å². The molecule has 2 nitrogen and oxygen atoms in total. The van der Waals surface area contributed by atoms with Gasteiger partial charge in [0.15, 0.2) is 0 Å². The van der Waals surface area contributed by atoms with Gasteiger partial charge in [0.2, 0.25) is 0 Å². The molecule has 0 aliphatic heterocycles. The molecule has 4 heteroatoms. The minimum atomic E-state index is 0.747. The molecule has 0 bridgehead atoms. The van der Waals surface area contributed by atoms with Crippen molar-refractivity contribution in [1.29, 1.82) is 0 Å².